The first-order valence-corrected chi connectivity index (χ1v) is 7.39. The summed E-state index contributed by atoms with van der Waals surface area (Å²) in [5, 5.41) is 6.56. The Kier molecular flexibility index (Phi) is 3.89. The van der Waals surface area contributed by atoms with Gasteiger partial charge in [-0.1, -0.05) is 5.16 Å². The van der Waals surface area contributed by atoms with Crippen molar-refractivity contribution in [3.05, 3.63) is 34.2 Å². The first-order chi connectivity index (χ1) is 11.0. The molecule has 2 N–H and O–H groups in total. The molecule has 8 nitrogen and oxygen atoms in total. The third kappa shape index (κ3) is 2.96. The summed E-state index contributed by atoms with van der Waals surface area (Å²) in [6.07, 6.45) is 2.15. The van der Waals surface area contributed by atoms with Gasteiger partial charge in [-0.25, -0.2) is 4.79 Å². The van der Waals surface area contributed by atoms with E-state index in [2.05, 4.69) is 20.4 Å². The Labute approximate surface area is 132 Å². The predicted octanol–water partition coefficient (Wildman–Crippen LogP) is 1.61. The smallest absolute Gasteiger partial charge is 0.339 e. The van der Waals surface area contributed by atoms with E-state index in [1.54, 1.807) is 13.8 Å². The summed E-state index contributed by atoms with van der Waals surface area (Å²) in [4.78, 5) is 31.2. The summed E-state index contributed by atoms with van der Waals surface area (Å²) in [5.74, 6) is 0.646. The van der Waals surface area contributed by atoms with Gasteiger partial charge >= 0.3 is 5.97 Å². The highest BCUT2D eigenvalue weighted by Crippen LogP contribution is 2.38. The number of carbonyl (C=O) groups excluding carboxylic acids is 2. The van der Waals surface area contributed by atoms with E-state index in [0.29, 0.717) is 40.1 Å². The average Bonchev–Trinajstić information content (AvgIpc) is 3.20. The Balaban J connectivity index is 1.69. The molecule has 1 fully saturated rings. The molecule has 2 heterocycles. The minimum atomic E-state index is -0.470. The van der Waals surface area contributed by atoms with E-state index in [9.17, 15) is 9.59 Å². The second-order valence-electron chi connectivity index (χ2n) is 5.62. The van der Waals surface area contributed by atoms with Gasteiger partial charge in [0, 0.05) is 11.6 Å². The number of ether oxygens (including phenoxy) is 1. The van der Waals surface area contributed by atoms with Crippen molar-refractivity contribution in [1.82, 2.24) is 20.4 Å². The first-order valence-electron chi connectivity index (χ1n) is 7.39. The Morgan fingerprint density at radius 2 is 2.13 bits per heavy atom. The molecule has 0 saturated heterocycles. The fourth-order valence-electron chi connectivity index (χ4n) is 2.47. The molecule has 0 unspecified atom stereocenters. The normalized spacial score (nSPS) is 13.9. The highest BCUT2D eigenvalue weighted by molar-refractivity contribution is 6.00. The van der Waals surface area contributed by atoms with E-state index < -0.39 is 5.97 Å². The average molecular weight is 318 g/mol. The van der Waals surface area contributed by atoms with Crippen molar-refractivity contribution >= 4 is 11.9 Å². The monoisotopic (exact) mass is 318 g/mol. The molecule has 0 aromatic carbocycles. The van der Waals surface area contributed by atoms with E-state index in [4.69, 9.17) is 9.26 Å². The van der Waals surface area contributed by atoms with Crippen LogP contribution in [-0.2, 0) is 11.3 Å². The van der Waals surface area contributed by atoms with Gasteiger partial charge in [0.2, 0.25) is 5.89 Å². The van der Waals surface area contributed by atoms with Crippen molar-refractivity contribution < 1.29 is 18.8 Å². The molecule has 0 bridgehead atoms. The summed E-state index contributed by atoms with van der Waals surface area (Å²) >= 11 is 0. The Morgan fingerprint density at radius 1 is 1.39 bits per heavy atom. The van der Waals surface area contributed by atoms with Crippen LogP contribution >= 0.6 is 0 Å². The molecule has 1 amide bonds. The van der Waals surface area contributed by atoms with Crippen LogP contribution in [0.5, 0.6) is 0 Å². The van der Waals surface area contributed by atoms with Crippen LogP contribution in [0.25, 0.3) is 0 Å². The lowest BCUT2D eigenvalue weighted by atomic mass is 10.1. The molecular weight excluding hydrogens is 300 g/mol. The Morgan fingerprint density at radius 3 is 2.78 bits per heavy atom. The quantitative estimate of drug-likeness (QED) is 0.810. The number of nitrogens with one attached hydrogen (secondary N) is 2. The number of nitrogens with zero attached hydrogens (tertiary/aromatic N) is 2. The van der Waals surface area contributed by atoms with E-state index in [1.165, 1.54) is 7.11 Å². The van der Waals surface area contributed by atoms with Crippen LogP contribution in [0.1, 0.15) is 62.6 Å². The number of amides is 1. The van der Waals surface area contributed by atoms with Crippen molar-refractivity contribution in [3.63, 3.8) is 0 Å². The van der Waals surface area contributed by atoms with Crippen LogP contribution in [0.2, 0.25) is 0 Å². The lowest BCUT2D eigenvalue weighted by Crippen LogP contribution is -2.24. The summed E-state index contributed by atoms with van der Waals surface area (Å²) < 4.78 is 9.87. The van der Waals surface area contributed by atoms with Gasteiger partial charge in [-0.05, 0) is 32.3 Å². The lowest BCUT2D eigenvalue weighted by molar-refractivity contribution is 0.0599. The van der Waals surface area contributed by atoms with E-state index in [1.807, 2.05) is 0 Å². The second kappa shape index (κ2) is 5.86. The third-order valence-electron chi connectivity index (χ3n) is 3.87. The van der Waals surface area contributed by atoms with Crippen LogP contribution in [0.4, 0.5) is 0 Å². The molecule has 2 aromatic heterocycles. The van der Waals surface area contributed by atoms with Gasteiger partial charge in [-0.15, -0.1) is 0 Å². The van der Waals surface area contributed by atoms with Gasteiger partial charge < -0.3 is 19.6 Å². The SMILES string of the molecule is COC(=O)c1c(C)[nH]c(C(=O)NCc2noc(C3CC3)n2)c1C. The number of carbonyl (C=O) groups is 2. The number of rotatable bonds is 5. The topological polar surface area (TPSA) is 110 Å². The van der Waals surface area contributed by atoms with Gasteiger partial charge in [0.05, 0.1) is 19.2 Å². The molecule has 1 aliphatic carbocycles. The van der Waals surface area contributed by atoms with Crippen molar-refractivity contribution in [3.8, 4) is 0 Å². The summed E-state index contributed by atoms with van der Waals surface area (Å²) in [7, 11) is 1.31. The van der Waals surface area contributed by atoms with Crippen molar-refractivity contribution in [2.75, 3.05) is 7.11 Å². The highest BCUT2D eigenvalue weighted by atomic mass is 16.5. The largest absolute Gasteiger partial charge is 0.465 e. The minimum absolute atomic E-state index is 0.167. The lowest BCUT2D eigenvalue weighted by Gasteiger charge is -2.02. The fraction of sp³-hybridized carbons (Fsp3) is 0.467. The number of aromatic amines is 1. The zero-order chi connectivity index (χ0) is 16.6. The van der Waals surface area contributed by atoms with Crippen LogP contribution in [0.15, 0.2) is 4.52 Å². The van der Waals surface area contributed by atoms with E-state index in [-0.39, 0.29) is 12.5 Å². The molecule has 8 heteroatoms. The van der Waals surface area contributed by atoms with Crippen molar-refractivity contribution in [1.29, 1.82) is 0 Å². The van der Waals surface area contributed by atoms with E-state index >= 15 is 0 Å². The van der Waals surface area contributed by atoms with Gasteiger partial charge in [-0.3, -0.25) is 4.79 Å². The zero-order valence-corrected chi connectivity index (χ0v) is 13.2. The number of aryl methyl sites for hydroxylation is 1. The molecule has 122 valence electrons. The summed E-state index contributed by atoms with van der Waals surface area (Å²) in [6, 6.07) is 0. The Bertz CT molecular complexity index is 758. The fourth-order valence-corrected chi connectivity index (χ4v) is 2.47. The van der Waals surface area contributed by atoms with Crippen molar-refractivity contribution in [2.24, 2.45) is 0 Å². The molecule has 0 atom stereocenters. The molecular formula is C15H18N4O4. The number of methoxy groups -OCH3 is 1. The standard InChI is InChI=1S/C15H18N4O4/c1-7-11(15(21)22-3)8(2)17-12(7)13(20)16-6-10-18-14(23-19-10)9-4-5-9/h9,17H,4-6H2,1-3H3,(H,16,20). The zero-order valence-electron chi connectivity index (χ0n) is 13.2. The predicted molar refractivity (Wildman–Crippen MR) is 79.0 cm³/mol. The van der Waals surface area contributed by atoms with Gasteiger partial charge in [0.25, 0.3) is 5.91 Å². The maximum Gasteiger partial charge on any atom is 0.339 e. The molecule has 3 rings (SSSR count). The number of hydrogen-bond acceptors (Lipinski definition) is 6. The van der Waals surface area contributed by atoms with Gasteiger partial charge in [-0.2, -0.15) is 4.98 Å². The number of esters is 1. The van der Waals surface area contributed by atoms with Gasteiger partial charge in [0.1, 0.15) is 5.69 Å². The highest BCUT2D eigenvalue weighted by Gasteiger charge is 2.29. The van der Waals surface area contributed by atoms with E-state index in [0.717, 1.165) is 12.8 Å². The molecule has 1 aliphatic rings. The van der Waals surface area contributed by atoms with Crippen LogP contribution < -0.4 is 5.32 Å². The summed E-state index contributed by atoms with van der Waals surface area (Å²) in [5.41, 5.74) is 1.86. The third-order valence-corrected chi connectivity index (χ3v) is 3.87. The van der Waals surface area contributed by atoms with Crippen LogP contribution in [0, 0.1) is 13.8 Å². The maximum atomic E-state index is 12.3. The first kappa shape index (κ1) is 15.3. The molecule has 23 heavy (non-hydrogen) atoms. The molecule has 1 saturated carbocycles. The molecule has 0 aliphatic heterocycles. The number of H-pyrrole nitrogens is 1. The molecule has 0 radical (unpaired) electrons. The second-order valence-corrected chi connectivity index (χ2v) is 5.62. The Hall–Kier alpha value is -2.64. The maximum absolute atomic E-state index is 12.3. The van der Waals surface area contributed by atoms with Crippen LogP contribution in [0.3, 0.4) is 0 Å². The minimum Gasteiger partial charge on any atom is -0.465 e. The number of hydrogen-bond donors (Lipinski definition) is 2. The molecule has 2 aromatic rings. The number of aromatic nitrogens is 3. The van der Waals surface area contributed by atoms with Crippen LogP contribution in [-0.4, -0.2) is 34.1 Å². The molecule has 0 spiro atoms. The van der Waals surface area contributed by atoms with Gasteiger partial charge in [0.15, 0.2) is 5.82 Å². The summed E-state index contributed by atoms with van der Waals surface area (Å²) in [6.45, 7) is 3.58. The van der Waals surface area contributed by atoms with Crippen molar-refractivity contribution in [2.45, 2.75) is 39.2 Å².